The van der Waals surface area contributed by atoms with E-state index < -0.39 is 23.4 Å². The summed E-state index contributed by atoms with van der Waals surface area (Å²) in [4.78, 5) is 15.0. The highest BCUT2D eigenvalue weighted by molar-refractivity contribution is 6.31. The second-order valence-electron chi connectivity index (χ2n) is 5.71. The summed E-state index contributed by atoms with van der Waals surface area (Å²) < 4.78 is 39.2. The molecule has 0 atom stereocenters. The number of alkyl halides is 3. The predicted octanol–water partition coefficient (Wildman–Crippen LogP) is 3.89. The van der Waals surface area contributed by atoms with Gasteiger partial charge >= 0.3 is 6.18 Å². The van der Waals surface area contributed by atoms with E-state index in [4.69, 9.17) is 17.0 Å². The number of H-pyrrole nitrogens is 1. The standard InChI is InChI=1S/C17H14ClF3N4O/c18-11-4-5-13-10(6-11)7-14(24-13)16(26)25-23-8-9-2-1-3-12(22)15(9)17(19,20)21/h1-2,4-7,22-24H,3,8H2,(H,25,26). The van der Waals surface area contributed by atoms with Crippen LogP contribution in [0.5, 0.6) is 0 Å². The van der Waals surface area contributed by atoms with Gasteiger partial charge in [-0.3, -0.25) is 10.2 Å². The average molecular weight is 383 g/mol. The Kier molecular flexibility index (Phi) is 4.88. The van der Waals surface area contributed by atoms with Gasteiger partial charge in [0.05, 0.1) is 5.57 Å². The molecule has 4 N–H and O–H groups in total. The molecular formula is C17H14ClF3N4O. The molecule has 1 aliphatic rings. The van der Waals surface area contributed by atoms with E-state index >= 15 is 0 Å². The fraction of sp³-hybridized carbons (Fsp3) is 0.176. The first-order valence-corrected chi connectivity index (χ1v) is 7.99. The number of carbonyl (C=O) groups excluding carboxylic acids is 1. The fourth-order valence-corrected chi connectivity index (χ4v) is 2.89. The van der Waals surface area contributed by atoms with E-state index in [1.54, 1.807) is 24.3 Å². The van der Waals surface area contributed by atoms with Gasteiger partial charge in [-0.25, -0.2) is 5.43 Å². The largest absolute Gasteiger partial charge is 0.418 e. The molecule has 1 aromatic heterocycles. The number of benzene rings is 1. The summed E-state index contributed by atoms with van der Waals surface area (Å²) in [6.07, 6.45) is -1.88. The van der Waals surface area contributed by atoms with Gasteiger partial charge in [0, 0.05) is 34.6 Å². The van der Waals surface area contributed by atoms with Gasteiger partial charge in [0.15, 0.2) is 0 Å². The molecule has 0 radical (unpaired) electrons. The minimum atomic E-state index is -4.61. The van der Waals surface area contributed by atoms with Crippen LogP contribution in [-0.2, 0) is 0 Å². The van der Waals surface area contributed by atoms with Gasteiger partial charge < -0.3 is 10.4 Å². The van der Waals surface area contributed by atoms with Gasteiger partial charge in [-0.2, -0.15) is 13.2 Å². The van der Waals surface area contributed by atoms with E-state index in [0.29, 0.717) is 10.5 Å². The predicted molar refractivity (Wildman–Crippen MR) is 93.3 cm³/mol. The highest BCUT2D eigenvalue weighted by Gasteiger charge is 2.38. The quantitative estimate of drug-likeness (QED) is 0.605. The molecule has 5 nitrogen and oxygen atoms in total. The van der Waals surface area contributed by atoms with Crippen molar-refractivity contribution < 1.29 is 18.0 Å². The molecule has 1 aliphatic carbocycles. The molecule has 0 saturated heterocycles. The van der Waals surface area contributed by atoms with E-state index in [1.807, 2.05) is 0 Å². The lowest BCUT2D eigenvalue weighted by atomic mass is 9.95. The maximum Gasteiger partial charge on any atom is 0.418 e. The summed E-state index contributed by atoms with van der Waals surface area (Å²) in [6.45, 7) is -0.258. The second kappa shape index (κ2) is 6.97. The number of aromatic nitrogens is 1. The van der Waals surface area contributed by atoms with Crippen LogP contribution >= 0.6 is 11.6 Å². The molecular weight excluding hydrogens is 369 g/mol. The molecule has 2 aromatic rings. The minimum absolute atomic E-state index is 0.0671. The fourth-order valence-electron chi connectivity index (χ4n) is 2.71. The molecule has 0 saturated carbocycles. The Balaban J connectivity index is 1.69. The number of fused-ring (bicyclic) bond motifs is 1. The van der Waals surface area contributed by atoms with Crippen molar-refractivity contribution in [3.8, 4) is 0 Å². The summed E-state index contributed by atoms with van der Waals surface area (Å²) in [5.41, 5.74) is 4.23. The van der Waals surface area contributed by atoms with Crippen LogP contribution in [0.15, 0.2) is 47.6 Å². The molecule has 1 amide bonds. The van der Waals surface area contributed by atoms with Crippen molar-refractivity contribution in [2.75, 3.05) is 6.54 Å². The van der Waals surface area contributed by atoms with E-state index in [1.165, 1.54) is 12.2 Å². The molecule has 0 fully saturated rings. The Hall–Kier alpha value is -2.58. The van der Waals surface area contributed by atoms with Crippen LogP contribution < -0.4 is 10.9 Å². The molecule has 136 valence electrons. The first kappa shape index (κ1) is 18.2. The normalized spacial score (nSPS) is 15.0. The summed E-state index contributed by atoms with van der Waals surface area (Å²) in [6, 6.07) is 6.68. The van der Waals surface area contributed by atoms with Crippen molar-refractivity contribution in [3.05, 3.63) is 58.3 Å². The van der Waals surface area contributed by atoms with Gasteiger partial charge in [-0.05, 0) is 29.8 Å². The summed E-state index contributed by atoms with van der Waals surface area (Å²) in [5, 5.41) is 8.78. The number of hydrogen-bond donors (Lipinski definition) is 4. The summed E-state index contributed by atoms with van der Waals surface area (Å²) in [7, 11) is 0. The van der Waals surface area contributed by atoms with Crippen LogP contribution in [0, 0.1) is 5.41 Å². The van der Waals surface area contributed by atoms with E-state index in [-0.39, 0.29) is 24.2 Å². The van der Waals surface area contributed by atoms with Crippen LogP contribution in [-0.4, -0.2) is 29.3 Å². The number of nitrogens with one attached hydrogen (secondary N) is 4. The maximum atomic E-state index is 13.1. The number of hydrogen-bond acceptors (Lipinski definition) is 3. The van der Waals surface area contributed by atoms with Crippen molar-refractivity contribution in [1.29, 1.82) is 5.41 Å². The zero-order valence-electron chi connectivity index (χ0n) is 13.3. The van der Waals surface area contributed by atoms with Gasteiger partial charge in [-0.1, -0.05) is 23.8 Å². The summed E-state index contributed by atoms with van der Waals surface area (Å²) in [5.74, 6) is -0.527. The number of amides is 1. The molecule has 0 aliphatic heterocycles. The number of halogens is 4. The van der Waals surface area contributed by atoms with Gasteiger partial charge in [0.2, 0.25) is 0 Å². The van der Waals surface area contributed by atoms with E-state index in [2.05, 4.69) is 15.8 Å². The zero-order chi connectivity index (χ0) is 18.9. The summed E-state index contributed by atoms with van der Waals surface area (Å²) >= 11 is 5.89. The van der Waals surface area contributed by atoms with Gasteiger partial charge in [0.25, 0.3) is 5.91 Å². The third-order valence-corrected chi connectivity index (χ3v) is 4.09. The SMILES string of the molecule is N=C1CC=CC(CNNC(=O)c2cc3cc(Cl)ccc3[nH]2)=C1C(F)(F)F. The number of allylic oxidation sites excluding steroid dienone is 2. The average Bonchev–Trinajstić information content (AvgIpc) is 2.96. The van der Waals surface area contributed by atoms with Crippen molar-refractivity contribution in [2.45, 2.75) is 12.6 Å². The Morgan fingerprint density at radius 1 is 1.31 bits per heavy atom. The lowest BCUT2D eigenvalue weighted by Gasteiger charge is -2.20. The van der Waals surface area contributed by atoms with Crippen molar-refractivity contribution in [1.82, 2.24) is 15.8 Å². The van der Waals surface area contributed by atoms with Crippen molar-refractivity contribution in [2.24, 2.45) is 0 Å². The highest BCUT2D eigenvalue weighted by Crippen LogP contribution is 2.32. The Morgan fingerprint density at radius 3 is 2.81 bits per heavy atom. The van der Waals surface area contributed by atoms with E-state index in [9.17, 15) is 18.0 Å². The highest BCUT2D eigenvalue weighted by atomic mass is 35.5. The first-order chi connectivity index (χ1) is 12.3. The lowest BCUT2D eigenvalue weighted by molar-refractivity contribution is -0.0869. The molecule has 3 rings (SSSR count). The number of aromatic amines is 1. The third-order valence-electron chi connectivity index (χ3n) is 3.86. The van der Waals surface area contributed by atoms with Gasteiger partial charge in [-0.15, -0.1) is 0 Å². The minimum Gasteiger partial charge on any atom is -0.350 e. The number of rotatable bonds is 4. The second-order valence-corrected chi connectivity index (χ2v) is 6.14. The van der Waals surface area contributed by atoms with Crippen molar-refractivity contribution in [3.63, 3.8) is 0 Å². The zero-order valence-corrected chi connectivity index (χ0v) is 14.1. The van der Waals surface area contributed by atoms with Gasteiger partial charge in [0.1, 0.15) is 5.69 Å². The molecule has 9 heteroatoms. The molecule has 0 bridgehead atoms. The van der Waals surface area contributed by atoms with Crippen LogP contribution in [0.1, 0.15) is 16.9 Å². The smallest absolute Gasteiger partial charge is 0.350 e. The monoisotopic (exact) mass is 382 g/mol. The number of carbonyl (C=O) groups is 1. The molecule has 0 spiro atoms. The third kappa shape index (κ3) is 3.81. The molecule has 1 aromatic carbocycles. The Labute approximate surface area is 151 Å². The topological polar surface area (TPSA) is 80.8 Å². The number of hydrazine groups is 1. The maximum absolute atomic E-state index is 13.1. The molecule has 26 heavy (non-hydrogen) atoms. The molecule has 0 unspecified atom stereocenters. The Bertz CT molecular complexity index is 943. The van der Waals surface area contributed by atoms with E-state index in [0.717, 1.165) is 5.39 Å². The van der Waals surface area contributed by atoms with Crippen LogP contribution in [0.4, 0.5) is 13.2 Å². The lowest BCUT2D eigenvalue weighted by Crippen LogP contribution is -2.39. The molecule has 1 heterocycles. The first-order valence-electron chi connectivity index (χ1n) is 7.62. The Morgan fingerprint density at radius 2 is 2.08 bits per heavy atom. The van der Waals surface area contributed by atoms with Crippen molar-refractivity contribution >= 4 is 34.1 Å². The van der Waals surface area contributed by atoms with Crippen LogP contribution in [0.25, 0.3) is 10.9 Å². The van der Waals surface area contributed by atoms with Crippen LogP contribution in [0.2, 0.25) is 5.02 Å². The van der Waals surface area contributed by atoms with Crippen LogP contribution in [0.3, 0.4) is 0 Å².